The van der Waals surface area contributed by atoms with Crippen LogP contribution in [0.25, 0.3) is 10.4 Å². The van der Waals surface area contributed by atoms with Gasteiger partial charge >= 0.3 is 5.97 Å². The van der Waals surface area contributed by atoms with Crippen molar-refractivity contribution < 1.29 is 13.9 Å². The smallest absolute Gasteiger partial charge is 0.350 e. The summed E-state index contributed by atoms with van der Waals surface area (Å²) in [7, 11) is 1.31. The Labute approximate surface area is 135 Å². The van der Waals surface area contributed by atoms with E-state index in [9.17, 15) is 9.18 Å². The zero-order valence-corrected chi connectivity index (χ0v) is 14.3. The van der Waals surface area contributed by atoms with Crippen LogP contribution in [0.1, 0.15) is 35.0 Å². The number of ether oxygens (including phenoxy) is 1. The van der Waals surface area contributed by atoms with Crippen molar-refractivity contribution in [2.45, 2.75) is 19.8 Å². The van der Waals surface area contributed by atoms with Gasteiger partial charge in [-0.3, -0.25) is 0 Å². The number of esters is 1. The van der Waals surface area contributed by atoms with Gasteiger partial charge in [-0.1, -0.05) is 19.9 Å². The quantitative estimate of drug-likeness (QED) is 0.787. The van der Waals surface area contributed by atoms with E-state index in [0.717, 1.165) is 10.4 Å². The second-order valence-electron chi connectivity index (χ2n) is 4.86. The van der Waals surface area contributed by atoms with Crippen molar-refractivity contribution >= 4 is 38.9 Å². The van der Waals surface area contributed by atoms with Gasteiger partial charge in [0.05, 0.1) is 17.3 Å². The van der Waals surface area contributed by atoms with Crippen molar-refractivity contribution in [3.05, 3.63) is 38.9 Å². The number of rotatable bonds is 3. The second kappa shape index (κ2) is 6.15. The molecule has 0 radical (unpaired) electrons. The summed E-state index contributed by atoms with van der Waals surface area (Å²) in [6.45, 7) is 3.97. The van der Waals surface area contributed by atoms with Crippen molar-refractivity contribution in [3.8, 4) is 10.4 Å². The van der Waals surface area contributed by atoms with Gasteiger partial charge in [-0.2, -0.15) is 0 Å². The standard InChI is InChI=1S/C15H15BrFNO2S/c1-7(2)11-12(18)14(15(19)20-3)21-13(11)8-4-5-9(16)10(17)6-8/h4-7H,18H2,1-3H3. The first-order chi connectivity index (χ1) is 9.86. The highest BCUT2D eigenvalue weighted by atomic mass is 79.9. The lowest BCUT2D eigenvalue weighted by atomic mass is 9.98. The molecule has 2 aromatic rings. The van der Waals surface area contributed by atoms with Gasteiger partial charge in [0.15, 0.2) is 0 Å². The predicted octanol–water partition coefficient (Wildman–Crippen LogP) is 4.81. The zero-order chi connectivity index (χ0) is 15.7. The maximum atomic E-state index is 13.8. The third-order valence-electron chi connectivity index (χ3n) is 3.11. The highest BCUT2D eigenvalue weighted by Crippen LogP contribution is 2.43. The van der Waals surface area contributed by atoms with Crippen LogP contribution in [0.2, 0.25) is 0 Å². The number of carbonyl (C=O) groups excluding carboxylic acids is 1. The van der Waals surface area contributed by atoms with Crippen molar-refractivity contribution in [2.24, 2.45) is 0 Å². The van der Waals surface area contributed by atoms with Crippen molar-refractivity contribution in [1.82, 2.24) is 0 Å². The summed E-state index contributed by atoms with van der Waals surface area (Å²) in [6, 6.07) is 4.87. The van der Waals surface area contributed by atoms with Crippen LogP contribution in [0.5, 0.6) is 0 Å². The predicted molar refractivity (Wildman–Crippen MR) is 87.3 cm³/mol. The van der Waals surface area contributed by atoms with E-state index in [1.54, 1.807) is 12.1 Å². The molecule has 0 aliphatic rings. The maximum Gasteiger partial charge on any atom is 0.350 e. The minimum Gasteiger partial charge on any atom is -0.465 e. The normalized spacial score (nSPS) is 11.0. The highest BCUT2D eigenvalue weighted by Gasteiger charge is 2.24. The summed E-state index contributed by atoms with van der Waals surface area (Å²) in [5.74, 6) is -0.710. The topological polar surface area (TPSA) is 52.3 Å². The molecule has 0 saturated carbocycles. The van der Waals surface area contributed by atoms with Gasteiger partial charge in [0.2, 0.25) is 0 Å². The summed E-state index contributed by atoms with van der Waals surface area (Å²) < 4.78 is 18.9. The Morgan fingerprint density at radius 3 is 2.62 bits per heavy atom. The van der Waals surface area contributed by atoms with Crippen molar-refractivity contribution in [3.63, 3.8) is 0 Å². The number of carbonyl (C=O) groups is 1. The number of thiophene rings is 1. The summed E-state index contributed by atoms with van der Waals surface area (Å²) in [4.78, 5) is 13.0. The molecule has 0 unspecified atom stereocenters. The number of nitrogens with two attached hydrogens (primary N) is 1. The molecule has 3 nitrogen and oxygen atoms in total. The third kappa shape index (κ3) is 2.96. The molecule has 1 aromatic heterocycles. The van der Waals surface area contributed by atoms with Gasteiger partial charge in [0.1, 0.15) is 10.7 Å². The third-order valence-corrected chi connectivity index (χ3v) is 5.01. The van der Waals surface area contributed by atoms with Gasteiger partial charge in [0.25, 0.3) is 0 Å². The molecule has 112 valence electrons. The molecule has 0 bridgehead atoms. The molecular weight excluding hydrogens is 357 g/mol. The van der Waals surface area contributed by atoms with Crippen LogP contribution in [-0.4, -0.2) is 13.1 Å². The van der Waals surface area contributed by atoms with Gasteiger partial charge in [-0.25, -0.2) is 9.18 Å². The van der Waals surface area contributed by atoms with Crippen molar-refractivity contribution in [1.29, 1.82) is 0 Å². The van der Waals surface area contributed by atoms with Crippen LogP contribution in [0.15, 0.2) is 22.7 Å². The van der Waals surface area contributed by atoms with Crippen LogP contribution < -0.4 is 5.73 Å². The molecular formula is C15H15BrFNO2S. The van der Waals surface area contributed by atoms with Crippen molar-refractivity contribution in [2.75, 3.05) is 12.8 Å². The molecule has 0 atom stereocenters. The van der Waals surface area contributed by atoms with E-state index < -0.39 is 5.97 Å². The van der Waals surface area contributed by atoms with Crippen LogP contribution in [0.4, 0.5) is 10.1 Å². The van der Waals surface area contributed by atoms with E-state index in [1.165, 1.54) is 24.5 Å². The van der Waals surface area contributed by atoms with Crippen LogP contribution in [0, 0.1) is 5.82 Å². The van der Waals surface area contributed by atoms with Crippen LogP contribution in [0.3, 0.4) is 0 Å². The minimum atomic E-state index is -0.469. The fourth-order valence-corrected chi connectivity index (χ4v) is 3.66. The number of halogens is 2. The Morgan fingerprint density at radius 1 is 1.43 bits per heavy atom. The Morgan fingerprint density at radius 2 is 2.10 bits per heavy atom. The number of anilines is 1. The molecule has 6 heteroatoms. The molecule has 0 fully saturated rings. The molecule has 2 rings (SSSR count). The molecule has 1 heterocycles. The largest absolute Gasteiger partial charge is 0.465 e. The van der Waals surface area contributed by atoms with Crippen LogP contribution >= 0.6 is 27.3 Å². The summed E-state index contributed by atoms with van der Waals surface area (Å²) in [5, 5.41) is 0. The van der Waals surface area contributed by atoms with E-state index in [-0.39, 0.29) is 11.7 Å². The fraction of sp³-hybridized carbons (Fsp3) is 0.267. The maximum absolute atomic E-state index is 13.8. The molecule has 0 saturated heterocycles. The van der Waals surface area contributed by atoms with E-state index >= 15 is 0 Å². The van der Waals surface area contributed by atoms with Gasteiger partial charge in [-0.05, 0) is 45.1 Å². The van der Waals surface area contributed by atoms with Crippen LogP contribution in [-0.2, 0) is 4.74 Å². The first-order valence-electron chi connectivity index (χ1n) is 6.32. The molecule has 0 amide bonds. The molecule has 0 spiro atoms. The average molecular weight is 372 g/mol. The molecule has 0 aliphatic carbocycles. The SMILES string of the molecule is COC(=O)c1sc(-c2ccc(Br)c(F)c2)c(C(C)C)c1N. The molecule has 1 aromatic carbocycles. The number of benzene rings is 1. The Hall–Kier alpha value is -1.40. The average Bonchev–Trinajstić information content (AvgIpc) is 2.78. The number of nitrogen functional groups attached to an aromatic ring is 1. The molecule has 2 N–H and O–H groups in total. The lowest BCUT2D eigenvalue weighted by Crippen LogP contribution is -2.03. The number of hydrogen-bond donors (Lipinski definition) is 1. The fourth-order valence-electron chi connectivity index (χ4n) is 2.13. The summed E-state index contributed by atoms with van der Waals surface area (Å²) >= 11 is 4.37. The lowest BCUT2D eigenvalue weighted by Gasteiger charge is -2.09. The lowest BCUT2D eigenvalue weighted by molar-refractivity contribution is 0.0607. The summed E-state index contributed by atoms with van der Waals surface area (Å²) in [6.07, 6.45) is 0. The molecule has 21 heavy (non-hydrogen) atoms. The monoisotopic (exact) mass is 371 g/mol. The second-order valence-corrected chi connectivity index (χ2v) is 6.74. The van der Waals surface area contributed by atoms with E-state index in [4.69, 9.17) is 10.5 Å². The van der Waals surface area contributed by atoms with Gasteiger partial charge in [0, 0.05) is 4.88 Å². The van der Waals surface area contributed by atoms with E-state index in [2.05, 4.69) is 15.9 Å². The minimum absolute atomic E-state index is 0.112. The van der Waals surface area contributed by atoms with Gasteiger partial charge in [-0.15, -0.1) is 11.3 Å². The zero-order valence-electron chi connectivity index (χ0n) is 11.9. The molecule has 0 aliphatic heterocycles. The first-order valence-corrected chi connectivity index (χ1v) is 7.93. The Bertz CT molecular complexity index is 697. The number of hydrogen-bond acceptors (Lipinski definition) is 4. The first kappa shape index (κ1) is 16.0. The Balaban J connectivity index is 2.67. The van der Waals surface area contributed by atoms with E-state index in [0.29, 0.717) is 20.6 Å². The Kier molecular flexibility index (Phi) is 4.68. The summed E-state index contributed by atoms with van der Waals surface area (Å²) in [5.41, 5.74) is 8.06. The number of methoxy groups -OCH3 is 1. The highest BCUT2D eigenvalue weighted by molar-refractivity contribution is 9.10. The van der Waals surface area contributed by atoms with E-state index in [1.807, 2.05) is 13.8 Å². The van der Waals surface area contributed by atoms with Gasteiger partial charge < -0.3 is 10.5 Å².